The van der Waals surface area contributed by atoms with Gasteiger partial charge in [0, 0.05) is 5.02 Å². The number of carbonyl (C=O) groups excluding carboxylic acids is 1. The first kappa shape index (κ1) is 15.4. The summed E-state index contributed by atoms with van der Waals surface area (Å²) in [6.45, 7) is 2.37. The molecule has 1 heterocycles. The summed E-state index contributed by atoms with van der Waals surface area (Å²) in [4.78, 5) is 14.1. The largest absolute Gasteiger partial charge is 0.468 e. The predicted molar refractivity (Wildman–Crippen MR) is 84.1 cm³/mol. The Morgan fingerprint density at radius 3 is 2.90 bits per heavy atom. The number of halogens is 1. The molecular formula is C15H18ClN3O2. The van der Waals surface area contributed by atoms with Crippen LogP contribution in [-0.2, 0) is 11.3 Å². The van der Waals surface area contributed by atoms with Crippen LogP contribution in [0.1, 0.15) is 12.7 Å². The number of nitrogen functional groups attached to an aromatic ring is 1. The molecule has 0 fully saturated rings. The van der Waals surface area contributed by atoms with E-state index in [2.05, 4.69) is 5.32 Å². The van der Waals surface area contributed by atoms with Gasteiger partial charge in [-0.1, -0.05) is 11.6 Å². The lowest BCUT2D eigenvalue weighted by atomic mass is 10.2. The second kappa shape index (κ2) is 6.65. The summed E-state index contributed by atoms with van der Waals surface area (Å²) < 4.78 is 5.28. The molecule has 6 heteroatoms. The van der Waals surface area contributed by atoms with Gasteiger partial charge in [0.25, 0.3) is 0 Å². The van der Waals surface area contributed by atoms with Crippen molar-refractivity contribution in [3.63, 3.8) is 0 Å². The molecule has 2 rings (SSSR count). The van der Waals surface area contributed by atoms with Crippen LogP contribution >= 0.6 is 11.6 Å². The van der Waals surface area contributed by atoms with Crippen LogP contribution in [0.4, 0.5) is 11.4 Å². The molecule has 2 aromatic rings. The molecule has 0 spiro atoms. The number of benzene rings is 1. The maximum Gasteiger partial charge on any atom is 0.241 e. The van der Waals surface area contributed by atoms with Gasteiger partial charge in [-0.05, 0) is 44.3 Å². The van der Waals surface area contributed by atoms with Crippen LogP contribution in [0.25, 0.3) is 0 Å². The fourth-order valence-corrected chi connectivity index (χ4v) is 2.03. The number of rotatable bonds is 5. The molecule has 1 amide bonds. The minimum Gasteiger partial charge on any atom is -0.468 e. The van der Waals surface area contributed by atoms with Crippen molar-refractivity contribution in [1.29, 1.82) is 0 Å². The van der Waals surface area contributed by atoms with Crippen LogP contribution in [0, 0.1) is 0 Å². The van der Waals surface area contributed by atoms with E-state index in [9.17, 15) is 4.79 Å². The van der Waals surface area contributed by atoms with Crippen molar-refractivity contribution < 1.29 is 9.21 Å². The highest BCUT2D eigenvalue weighted by molar-refractivity contribution is 6.31. The fourth-order valence-electron chi connectivity index (χ4n) is 1.86. The summed E-state index contributed by atoms with van der Waals surface area (Å²) >= 11 is 5.91. The van der Waals surface area contributed by atoms with E-state index in [0.29, 0.717) is 22.9 Å². The molecular weight excluding hydrogens is 290 g/mol. The summed E-state index contributed by atoms with van der Waals surface area (Å²) in [5, 5.41) is 3.31. The molecule has 1 aromatic heterocycles. The standard InChI is InChI=1S/C15H18ClN3O2/c1-10(19(2)9-12-4-3-7-21-12)15(20)18-14-8-11(16)5-6-13(14)17/h3-8,10H,9,17H2,1-2H3,(H,18,20). The van der Waals surface area contributed by atoms with E-state index < -0.39 is 0 Å². The van der Waals surface area contributed by atoms with Crippen molar-refractivity contribution in [2.75, 3.05) is 18.1 Å². The molecule has 5 nitrogen and oxygen atoms in total. The topological polar surface area (TPSA) is 71.5 Å². The van der Waals surface area contributed by atoms with Gasteiger partial charge in [-0.25, -0.2) is 0 Å². The van der Waals surface area contributed by atoms with Crippen LogP contribution in [-0.4, -0.2) is 23.9 Å². The third-order valence-corrected chi connectivity index (χ3v) is 3.53. The Morgan fingerprint density at radius 2 is 2.24 bits per heavy atom. The van der Waals surface area contributed by atoms with Gasteiger partial charge >= 0.3 is 0 Å². The molecule has 0 bridgehead atoms. The minimum absolute atomic E-state index is 0.155. The first-order chi connectivity index (χ1) is 9.97. The van der Waals surface area contributed by atoms with Gasteiger partial charge in [-0.15, -0.1) is 0 Å². The molecule has 0 aliphatic carbocycles. The van der Waals surface area contributed by atoms with E-state index in [-0.39, 0.29) is 11.9 Å². The van der Waals surface area contributed by atoms with Crippen molar-refractivity contribution >= 4 is 28.9 Å². The molecule has 0 saturated heterocycles. The lowest BCUT2D eigenvalue weighted by Gasteiger charge is -2.23. The summed E-state index contributed by atoms with van der Waals surface area (Å²) in [5.74, 6) is 0.650. The summed E-state index contributed by atoms with van der Waals surface area (Å²) in [7, 11) is 1.86. The number of nitrogens with two attached hydrogens (primary N) is 1. The zero-order chi connectivity index (χ0) is 15.4. The van der Waals surface area contributed by atoms with E-state index in [0.717, 1.165) is 5.76 Å². The number of furan rings is 1. The Morgan fingerprint density at radius 1 is 1.48 bits per heavy atom. The van der Waals surface area contributed by atoms with Crippen molar-refractivity contribution in [2.45, 2.75) is 19.5 Å². The highest BCUT2D eigenvalue weighted by atomic mass is 35.5. The third kappa shape index (κ3) is 4.00. The van der Waals surface area contributed by atoms with E-state index >= 15 is 0 Å². The average Bonchev–Trinajstić information content (AvgIpc) is 2.94. The Balaban J connectivity index is 2.00. The fraction of sp³-hybridized carbons (Fsp3) is 0.267. The van der Waals surface area contributed by atoms with Crippen LogP contribution in [0.15, 0.2) is 41.0 Å². The van der Waals surface area contributed by atoms with Gasteiger partial charge in [0.15, 0.2) is 0 Å². The van der Waals surface area contributed by atoms with Crippen molar-refractivity contribution in [2.24, 2.45) is 0 Å². The van der Waals surface area contributed by atoms with Gasteiger partial charge in [0.1, 0.15) is 5.76 Å². The zero-order valence-electron chi connectivity index (χ0n) is 12.0. The quantitative estimate of drug-likeness (QED) is 0.833. The highest BCUT2D eigenvalue weighted by Gasteiger charge is 2.19. The van der Waals surface area contributed by atoms with E-state index in [1.54, 1.807) is 24.5 Å². The zero-order valence-corrected chi connectivity index (χ0v) is 12.7. The summed E-state index contributed by atoms with van der Waals surface area (Å²) in [6, 6.07) is 8.33. The van der Waals surface area contributed by atoms with Gasteiger partial charge in [0.2, 0.25) is 5.91 Å². The highest BCUT2D eigenvalue weighted by Crippen LogP contribution is 2.23. The SMILES string of the molecule is CC(C(=O)Nc1cc(Cl)ccc1N)N(C)Cc1ccco1. The number of hydrogen-bond acceptors (Lipinski definition) is 4. The maximum absolute atomic E-state index is 12.3. The number of carbonyl (C=O) groups is 1. The second-order valence-electron chi connectivity index (χ2n) is 4.89. The molecule has 1 aromatic carbocycles. The van der Waals surface area contributed by atoms with E-state index in [4.69, 9.17) is 21.8 Å². The molecule has 0 saturated carbocycles. The van der Waals surface area contributed by atoms with Crippen LogP contribution in [0.5, 0.6) is 0 Å². The molecule has 21 heavy (non-hydrogen) atoms. The molecule has 0 radical (unpaired) electrons. The van der Waals surface area contributed by atoms with Crippen molar-refractivity contribution in [3.8, 4) is 0 Å². The van der Waals surface area contributed by atoms with Gasteiger partial charge in [-0.2, -0.15) is 0 Å². The molecule has 3 N–H and O–H groups in total. The van der Waals surface area contributed by atoms with Crippen molar-refractivity contribution in [1.82, 2.24) is 4.90 Å². The van der Waals surface area contributed by atoms with Crippen LogP contribution in [0.3, 0.4) is 0 Å². The number of nitrogens with one attached hydrogen (secondary N) is 1. The molecule has 0 aliphatic rings. The molecule has 0 aliphatic heterocycles. The monoisotopic (exact) mass is 307 g/mol. The van der Waals surface area contributed by atoms with Crippen molar-refractivity contribution in [3.05, 3.63) is 47.4 Å². The first-order valence-corrected chi connectivity index (χ1v) is 6.93. The Bertz CT molecular complexity index is 613. The van der Waals surface area contributed by atoms with Crippen LogP contribution in [0.2, 0.25) is 5.02 Å². The first-order valence-electron chi connectivity index (χ1n) is 6.56. The van der Waals surface area contributed by atoms with E-state index in [1.807, 2.05) is 31.0 Å². The number of nitrogens with zero attached hydrogens (tertiary/aromatic N) is 1. The normalized spacial score (nSPS) is 12.4. The summed E-state index contributed by atoms with van der Waals surface area (Å²) in [6.07, 6.45) is 1.61. The predicted octanol–water partition coefficient (Wildman–Crippen LogP) is 2.97. The molecule has 1 unspecified atom stereocenters. The minimum atomic E-state index is -0.339. The Kier molecular flexibility index (Phi) is 4.88. The Hall–Kier alpha value is -1.98. The van der Waals surface area contributed by atoms with Gasteiger partial charge in [-0.3, -0.25) is 9.69 Å². The Labute approximate surface area is 128 Å². The summed E-state index contributed by atoms with van der Waals surface area (Å²) in [5.41, 5.74) is 6.82. The molecule has 1 atom stereocenters. The lowest BCUT2D eigenvalue weighted by Crippen LogP contribution is -2.39. The second-order valence-corrected chi connectivity index (χ2v) is 5.33. The van der Waals surface area contributed by atoms with Crippen LogP contribution < -0.4 is 11.1 Å². The number of amides is 1. The number of hydrogen-bond donors (Lipinski definition) is 2. The van der Waals surface area contributed by atoms with Gasteiger partial charge in [0.05, 0.1) is 30.2 Å². The third-order valence-electron chi connectivity index (χ3n) is 3.30. The van der Waals surface area contributed by atoms with E-state index in [1.165, 1.54) is 0 Å². The smallest absolute Gasteiger partial charge is 0.241 e. The lowest BCUT2D eigenvalue weighted by molar-refractivity contribution is -0.120. The maximum atomic E-state index is 12.3. The number of likely N-dealkylation sites (N-methyl/N-ethyl adjacent to an activating group) is 1. The van der Waals surface area contributed by atoms with Gasteiger partial charge < -0.3 is 15.5 Å². The number of anilines is 2. The molecule has 112 valence electrons. The average molecular weight is 308 g/mol.